The van der Waals surface area contributed by atoms with E-state index in [2.05, 4.69) is 0 Å². The van der Waals surface area contributed by atoms with Crippen LogP contribution in [-0.2, 0) is 38.1 Å². The van der Waals surface area contributed by atoms with Gasteiger partial charge >= 0.3 is 23.9 Å². The van der Waals surface area contributed by atoms with Crippen LogP contribution in [0, 0.1) is 0 Å². The SMILES string of the molecule is CC(=O)O[C@@H]1C=C[C@H](O)C1.CC(=O)O[C@@H]1C=C[C@H](OC(C)=O)C1.CC(=O)O[C@H]1C=C[C@@H](O)C1.O[C@@H]1C=C[C@H](O)C1. The first kappa shape index (κ1) is 34.7. The maximum atomic E-state index is 10.6. The molecular formula is C28H40O12. The molecule has 224 valence electrons. The molecule has 0 aromatic carbocycles. The standard InChI is InChI=1S/C9H12O4.2C7H10O3.C5H8O2/c1-6(10)12-8-3-4-9(5-8)13-7(2)11;2*1-5(8)10-7-3-2-6(9)4-7;6-4-1-2-5(7)3-4/h3-4,8-9H,5H2,1-2H3;2*2-3,6-7,9H,4H2,1H3;1-2,4-7H,3H2/t8-,9+;2*6-,7+;4-,5+/m.10./s1. The van der Waals surface area contributed by atoms with E-state index in [1.54, 1.807) is 48.6 Å². The summed E-state index contributed by atoms with van der Waals surface area (Å²) < 4.78 is 19.4. The van der Waals surface area contributed by atoms with Crippen molar-refractivity contribution < 1.29 is 58.6 Å². The molecular weight excluding hydrogens is 528 g/mol. The Balaban J connectivity index is 0.000000272. The third kappa shape index (κ3) is 16.6. The first-order valence-electron chi connectivity index (χ1n) is 12.9. The average molecular weight is 569 g/mol. The zero-order valence-corrected chi connectivity index (χ0v) is 23.1. The third-order valence-corrected chi connectivity index (χ3v) is 5.36. The number of ether oxygens (including phenoxy) is 4. The monoisotopic (exact) mass is 568 g/mol. The second kappa shape index (κ2) is 18.1. The highest BCUT2D eigenvalue weighted by Crippen LogP contribution is 2.17. The topological polar surface area (TPSA) is 186 Å². The van der Waals surface area contributed by atoms with Gasteiger partial charge in [-0.25, -0.2) is 0 Å². The molecule has 12 heteroatoms. The van der Waals surface area contributed by atoms with Crippen LogP contribution in [0.5, 0.6) is 0 Å². The van der Waals surface area contributed by atoms with Crippen molar-refractivity contribution in [1.82, 2.24) is 0 Å². The van der Waals surface area contributed by atoms with Crippen LogP contribution in [0.25, 0.3) is 0 Å². The zero-order chi connectivity index (χ0) is 30.2. The van der Waals surface area contributed by atoms with Crippen molar-refractivity contribution in [2.75, 3.05) is 0 Å². The van der Waals surface area contributed by atoms with Crippen molar-refractivity contribution in [1.29, 1.82) is 0 Å². The van der Waals surface area contributed by atoms with E-state index in [0.29, 0.717) is 25.7 Å². The van der Waals surface area contributed by atoms with Crippen LogP contribution < -0.4 is 0 Å². The summed E-state index contributed by atoms with van der Waals surface area (Å²) in [4.78, 5) is 41.9. The highest BCUT2D eigenvalue weighted by atomic mass is 16.6. The smallest absolute Gasteiger partial charge is 0.303 e. The summed E-state index contributed by atoms with van der Waals surface area (Å²) in [6.45, 7) is 5.43. The van der Waals surface area contributed by atoms with Gasteiger partial charge < -0.3 is 39.4 Å². The van der Waals surface area contributed by atoms with Gasteiger partial charge in [0.2, 0.25) is 0 Å². The highest BCUT2D eigenvalue weighted by Gasteiger charge is 2.23. The quantitative estimate of drug-likeness (QED) is 0.214. The van der Waals surface area contributed by atoms with Gasteiger partial charge in [-0.1, -0.05) is 24.3 Å². The number of carbonyl (C=O) groups excluding carboxylic acids is 4. The summed E-state index contributed by atoms with van der Waals surface area (Å²) in [5.74, 6) is -1.25. The van der Waals surface area contributed by atoms with E-state index < -0.39 is 24.4 Å². The molecule has 0 unspecified atom stereocenters. The van der Waals surface area contributed by atoms with Crippen molar-refractivity contribution in [3.05, 3.63) is 48.6 Å². The van der Waals surface area contributed by atoms with E-state index in [1.165, 1.54) is 27.7 Å². The minimum absolute atomic E-state index is 0.215. The van der Waals surface area contributed by atoms with Gasteiger partial charge in [0.25, 0.3) is 0 Å². The first-order valence-corrected chi connectivity index (χ1v) is 12.9. The summed E-state index contributed by atoms with van der Waals surface area (Å²) in [6, 6.07) is 0. The van der Waals surface area contributed by atoms with Crippen LogP contribution in [0.15, 0.2) is 48.6 Å². The fourth-order valence-electron chi connectivity index (χ4n) is 3.79. The second-order valence-corrected chi connectivity index (χ2v) is 9.34. The molecule has 4 aliphatic rings. The normalized spacial score (nSPS) is 30.6. The Labute approximate surface area is 233 Å². The number of aliphatic hydroxyl groups is 4. The lowest BCUT2D eigenvalue weighted by Crippen LogP contribution is -2.17. The van der Waals surface area contributed by atoms with Crippen LogP contribution >= 0.6 is 0 Å². The molecule has 0 bridgehead atoms. The molecule has 0 saturated carbocycles. The molecule has 4 rings (SSSR count). The van der Waals surface area contributed by atoms with E-state index in [0.717, 1.165) is 0 Å². The van der Waals surface area contributed by atoms with E-state index >= 15 is 0 Å². The molecule has 4 aliphatic carbocycles. The van der Waals surface area contributed by atoms with Crippen molar-refractivity contribution in [2.45, 2.75) is 102 Å². The molecule has 0 radical (unpaired) electrons. The van der Waals surface area contributed by atoms with Gasteiger partial charge in [-0.2, -0.15) is 0 Å². The molecule has 0 aromatic rings. The van der Waals surface area contributed by atoms with Crippen LogP contribution in [-0.4, -0.2) is 93.1 Å². The third-order valence-electron chi connectivity index (χ3n) is 5.36. The predicted octanol–water partition coefficient (Wildman–Crippen LogP) is 0.956. The zero-order valence-electron chi connectivity index (χ0n) is 23.1. The lowest BCUT2D eigenvalue weighted by molar-refractivity contribution is -0.148. The number of aliphatic hydroxyl groups excluding tert-OH is 4. The lowest BCUT2D eigenvalue weighted by Gasteiger charge is -2.11. The Bertz CT molecular complexity index is 881. The average Bonchev–Trinajstić information content (AvgIpc) is 3.60. The van der Waals surface area contributed by atoms with Gasteiger partial charge in [-0.15, -0.1) is 0 Å². The number of hydrogen-bond donors (Lipinski definition) is 4. The number of rotatable bonds is 4. The molecule has 0 aliphatic heterocycles. The minimum Gasteiger partial charge on any atom is -0.458 e. The largest absolute Gasteiger partial charge is 0.458 e. The Morgan fingerprint density at radius 1 is 0.425 bits per heavy atom. The van der Waals surface area contributed by atoms with Crippen LogP contribution in [0.4, 0.5) is 0 Å². The maximum Gasteiger partial charge on any atom is 0.303 e. The first-order chi connectivity index (χ1) is 18.7. The summed E-state index contributed by atoms with van der Waals surface area (Å²) in [5.41, 5.74) is 0. The van der Waals surface area contributed by atoms with Crippen molar-refractivity contribution in [3.63, 3.8) is 0 Å². The van der Waals surface area contributed by atoms with Crippen LogP contribution in [0.3, 0.4) is 0 Å². The molecule has 0 fully saturated rings. The van der Waals surface area contributed by atoms with Crippen molar-refractivity contribution in [3.8, 4) is 0 Å². The van der Waals surface area contributed by atoms with E-state index in [-0.39, 0.29) is 48.3 Å². The number of esters is 4. The van der Waals surface area contributed by atoms with Gasteiger partial charge in [0.1, 0.15) is 24.4 Å². The van der Waals surface area contributed by atoms with Gasteiger partial charge in [0.15, 0.2) is 0 Å². The van der Waals surface area contributed by atoms with Crippen molar-refractivity contribution in [2.24, 2.45) is 0 Å². The molecule has 8 atom stereocenters. The fourth-order valence-corrected chi connectivity index (χ4v) is 3.79. The summed E-state index contributed by atoms with van der Waals surface area (Å²) >= 11 is 0. The fraction of sp³-hybridized carbons (Fsp3) is 0.571. The molecule has 0 amide bonds. The van der Waals surface area contributed by atoms with Crippen molar-refractivity contribution >= 4 is 23.9 Å². The molecule has 12 nitrogen and oxygen atoms in total. The Hall–Kier alpha value is -3.32. The molecule has 40 heavy (non-hydrogen) atoms. The molecule has 0 saturated heterocycles. The lowest BCUT2D eigenvalue weighted by atomic mass is 10.3. The van der Waals surface area contributed by atoms with Crippen LogP contribution in [0.2, 0.25) is 0 Å². The Morgan fingerprint density at radius 3 is 0.850 bits per heavy atom. The summed E-state index contributed by atoms with van der Waals surface area (Å²) in [7, 11) is 0. The predicted molar refractivity (Wildman–Crippen MR) is 141 cm³/mol. The number of carbonyl (C=O) groups is 4. The molecule has 0 spiro atoms. The van der Waals surface area contributed by atoms with Gasteiger partial charge in [-0.3, -0.25) is 19.2 Å². The highest BCUT2D eigenvalue weighted by molar-refractivity contribution is 5.67. The summed E-state index contributed by atoms with van der Waals surface area (Å²) in [5, 5.41) is 35.2. The van der Waals surface area contributed by atoms with E-state index in [9.17, 15) is 19.2 Å². The molecule has 0 heterocycles. The minimum atomic E-state index is -0.440. The van der Waals surface area contributed by atoms with Gasteiger partial charge in [0, 0.05) is 53.4 Å². The molecule has 4 N–H and O–H groups in total. The maximum absolute atomic E-state index is 10.6. The number of hydrogen-bond acceptors (Lipinski definition) is 12. The van der Waals surface area contributed by atoms with E-state index in [1.807, 2.05) is 0 Å². The van der Waals surface area contributed by atoms with E-state index in [4.69, 9.17) is 39.4 Å². The van der Waals surface area contributed by atoms with Crippen LogP contribution in [0.1, 0.15) is 53.4 Å². The van der Waals surface area contributed by atoms with Gasteiger partial charge in [0.05, 0.1) is 24.4 Å². The summed E-state index contributed by atoms with van der Waals surface area (Å²) in [6.07, 6.45) is 12.7. The van der Waals surface area contributed by atoms with Gasteiger partial charge in [-0.05, 0) is 24.3 Å². The Kier molecular flexibility index (Phi) is 15.7. The molecule has 0 aromatic heterocycles. The Morgan fingerprint density at radius 2 is 0.650 bits per heavy atom. The second-order valence-electron chi connectivity index (χ2n) is 9.34.